The van der Waals surface area contributed by atoms with Crippen LogP contribution in [0.15, 0.2) is 12.1 Å². The molecule has 2 rings (SSSR count). The number of alkyl halides is 3. The normalized spacial score (nSPS) is 12.6. The van der Waals surface area contributed by atoms with Gasteiger partial charge in [0.2, 0.25) is 0 Å². The Labute approximate surface area is 155 Å². The van der Waals surface area contributed by atoms with E-state index in [0.717, 1.165) is 0 Å². The summed E-state index contributed by atoms with van der Waals surface area (Å²) in [5.41, 5.74) is -0.969. The number of hydrogen-bond donors (Lipinski definition) is 4. The lowest BCUT2D eigenvalue weighted by Gasteiger charge is -2.20. The number of carbonyl (C=O) groups is 1. The molecule has 1 heterocycles. The fourth-order valence-electron chi connectivity index (χ4n) is 2.02. The maximum Gasteiger partial charge on any atom is 0.491 e. The second-order valence-electron chi connectivity index (χ2n) is 5.51. The highest BCUT2D eigenvalue weighted by Crippen LogP contribution is 2.29. The number of hydrogen-bond acceptors (Lipinski definition) is 5. The number of aryl methyl sites for hydroxylation is 1. The van der Waals surface area contributed by atoms with Crippen LogP contribution in [0.2, 0.25) is 5.15 Å². The van der Waals surface area contributed by atoms with Crippen LogP contribution >= 0.6 is 11.6 Å². The number of aromatic nitrogens is 2. The standard InChI is InChI=1S/C14H13BClF4N3O4/c1-5-11(12(16)23-22-5)21-13(24)7-3-9(17)8(15(25)26)4-10(7)27-6(2)14(18,19)20/h3-4,6,25-26H,1-2H3,(H,21,24)(H,22,23). The van der Waals surface area contributed by atoms with Crippen LogP contribution < -0.4 is 15.5 Å². The summed E-state index contributed by atoms with van der Waals surface area (Å²) in [4.78, 5) is 12.4. The van der Waals surface area contributed by atoms with Crippen LogP contribution in [0.25, 0.3) is 0 Å². The molecule has 0 bridgehead atoms. The summed E-state index contributed by atoms with van der Waals surface area (Å²) in [6.45, 7) is 2.20. The van der Waals surface area contributed by atoms with E-state index >= 15 is 0 Å². The Balaban J connectivity index is 2.46. The minimum absolute atomic E-state index is 0.0446. The van der Waals surface area contributed by atoms with Crippen molar-refractivity contribution in [1.82, 2.24) is 10.2 Å². The van der Waals surface area contributed by atoms with E-state index < -0.39 is 47.9 Å². The molecular formula is C14H13BClF4N3O4. The molecule has 1 aromatic heterocycles. The van der Waals surface area contributed by atoms with Gasteiger partial charge in [-0.05, 0) is 26.0 Å². The minimum Gasteiger partial charge on any atom is -0.480 e. The highest BCUT2D eigenvalue weighted by molar-refractivity contribution is 6.58. The molecule has 146 valence electrons. The monoisotopic (exact) mass is 409 g/mol. The van der Waals surface area contributed by atoms with E-state index in [9.17, 15) is 22.4 Å². The number of ether oxygens (including phenoxy) is 1. The van der Waals surface area contributed by atoms with Gasteiger partial charge in [0.25, 0.3) is 5.91 Å². The molecule has 1 amide bonds. The lowest BCUT2D eigenvalue weighted by atomic mass is 9.79. The SMILES string of the molecule is Cc1[nH]nc(Cl)c1NC(=O)c1cc(F)c(B(O)O)cc1OC(C)C(F)(F)F. The van der Waals surface area contributed by atoms with E-state index in [1.807, 2.05) is 0 Å². The number of aromatic amines is 1. The second kappa shape index (κ2) is 7.75. The first kappa shape index (κ1) is 21.0. The quantitative estimate of drug-likeness (QED) is 0.445. The summed E-state index contributed by atoms with van der Waals surface area (Å²) in [5.74, 6) is -2.96. The van der Waals surface area contributed by atoms with Crippen LogP contribution in [-0.2, 0) is 0 Å². The van der Waals surface area contributed by atoms with Gasteiger partial charge in [-0.15, -0.1) is 0 Å². The fourth-order valence-corrected chi connectivity index (χ4v) is 2.26. The van der Waals surface area contributed by atoms with Gasteiger partial charge in [-0.1, -0.05) is 11.6 Å². The lowest BCUT2D eigenvalue weighted by molar-refractivity contribution is -0.189. The van der Waals surface area contributed by atoms with Gasteiger partial charge in [-0.3, -0.25) is 9.89 Å². The second-order valence-corrected chi connectivity index (χ2v) is 5.87. The molecule has 0 saturated heterocycles. The van der Waals surface area contributed by atoms with Gasteiger partial charge in [0, 0.05) is 5.46 Å². The van der Waals surface area contributed by atoms with Gasteiger partial charge in [0.1, 0.15) is 17.3 Å². The summed E-state index contributed by atoms with van der Waals surface area (Å²) in [6.07, 6.45) is -7.12. The summed E-state index contributed by atoms with van der Waals surface area (Å²) < 4.78 is 57.1. The first-order chi connectivity index (χ1) is 12.4. The topological polar surface area (TPSA) is 107 Å². The minimum atomic E-state index is -4.77. The van der Waals surface area contributed by atoms with Crippen LogP contribution in [0, 0.1) is 12.7 Å². The molecule has 0 aliphatic carbocycles. The van der Waals surface area contributed by atoms with Crippen molar-refractivity contribution in [2.45, 2.75) is 26.1 Å². The highest BCUT2D eigenvalue weighted by Gasteiger charge is 2.39. The number of anilines is 1. The Morgan fingerprint density at radius 1 is 1.41 bits per heavy atom. The molecule has 1 atom stereocenters. The molecule has 0 aliphatic heterocycles. The molecular weight excluding hydrogens is 396 g/mol. The fraction of sp³-hybridized carbons (Fsp3) is 0.286. The van der Waals surface area contributed by atoms with Gasteiger partial charge in [-0.25, -0.2) is 4.39 Å². The number of nitrogens with one attached hydrogen (secondary N) is 2. The summed E-state index contributed by atoms with van der Waals surface area (Å²) in [5, 5.41) is 26.6. The average molecular weight is 410 g/mol. The third kappa shape index (κ3) is 4.70. The number of amides is 1. The number of H-pyrrole nitrogens is 1. The van der Waals surface area contributed by atoms with Crippen molar-refractivity contribution in [1.29, 1.82) is 0 Å². The maximum atomic E-state index is 14.0. The number of rotatable bonds is 5. The highest BCUT2D eigenvalue weighted by atomic mass is 35.5. The van der Waals surface area contributed by atoms with Crippen LogP contribution in [0.5, 0.6) is 5.75 Å². The van der Waals surface area contributed by atoms with E-state index in [2.05, 4.69) is 15.5 Å². The van der Waals surface area contributed by atoms with E-state index in [4.69, 9.17) is 26.4 Å². The maximum absolute atomic E-state index is 14.0. The van der Waals surface area contributed by atoms with Crippen LogP contribution in [0.4, 0.5) is 23.2 Å². The number of halogens is 5. The third-order valence-electron chi connectivity index (χ3n) is 3.53. The van der Waals surface area contributed by atoms with Gasteiger partial charge >= 0.3 is 13.3 Å². The van der Waals surface area contributed by atoms with Crippen molar-refractivity contribution >= 4 is 35.8 Å². The predicted octanol–water partition coefficient (Wildman–Crippen LogP) is 1.77. The van der Waals surface area contributed by atoms with Crippen molar-refractivity contribution in [2.75, 3.05) is 5.32 Å². The Morgan fingerprint density at radius 3 is 2.52 bits per heavy atom. The number of carbonyl (C=O) groups excluding carboxylic acids is 1. The zero-order valence-corrected chi connectivity index (χ0v) is 14.6. The number of benzene rings is 1. The lowest BCUT2D eigenvalue weighted by Crippen LogP contribution is -2.36. The summed E-state index contributed by atoms with van der Waals surface area (Å²) >= 11 is 5.78. The molecule has 2 aromatic rings. The van der Waals surface area contributed by atoms with Crippen molar-refractivity contribution in [3.05, 3.63) is 34.4 Å². The molecule has 27 heavy (non-hydrogen) atoms. The zero-order chi connectivity index (χ0) is 20.5. The summed E-state index contributed by atoms with van der Waals surface area (Å²) in [6, 6.07) is 1.15. The van der Waals surface area contributed by atoms with Crippen LogP contribution in [0.3, 0.4) is 0 Å². The Hall–Kier alpha value is -2.31. The molecule has 0 saturated carbocycles. The Bertz CT molecular complexity index is 840. The van der Waals surface area contributed by atoms with Crippen LogP contribution in [0.1, 0.15) is 23.0 Å². The van der Waals surface area contributed by atoms with Crippen LogP contribution in [-0.4, -0.2) is 45.6 Å². The van der Waals surface area contributed by atoms with Crippen molar-refractivity contribution in [3.63, 3.8) is 0 Å². The van der Waals surface area contributed by atoms with Gasteiger partial charge in [0.15, 0.2) is 11.3 Å². The zero-order valence-electron chi connectivity index (χ0n) is 13.9. The summed E-state index contributed by atoms with van der Waals surface area (Å²) in [7, 11) is -2.32. The first-order valence-electron chi connectivity index (χ1n) is 7.36. The van der Waals surface area contributed by atoms with Gasteiger partial charge in [-0.2, -0.15) is 18.3 Å². The van der Waals surface area contributed by atoms with E-state index in [1.165, 1.54) is 6.92 Å². The smallest absolute Gasteiger partial charge is 0.480 e. The molecule has 0 radical (unpaired) electrons. The third-order valence-corrected chi connectivity index (χ3v) is 3.80. The Morgan fingerprint density at radius 2 is 2.04 bits per heavy atom. The number of nitrogens with zero attached hydrogens (tertiary/aromatic N) is 1. The largest absolute Gasteiger partial charge is 0.491 e. The predicted molar refractivity (Wildman–Crippen MR) is 88.7 cm³/mol. The van der Waals surface area contributed by atoms with Crippen molar-refractivity contribution < 1.29 is 37.1 Å². The molecule has 1 aromatic carbocycles. The van der Waals surface area contributed by atoms with E-state index in [0.29, 0.717) is 24.8 Å². The van der Waals surface area contributed by atoms with Crippen molar-refractivity contribution in [2.24, 2.45) is 0 Å². The van der Waals surface area contributed by atoms with Gasteiger partial charge < -0.3 is 20.1 Å². The molecule has 0 fully saturated rings. The molecule has 1 unspecified atom stereocenters. The Kier molecular flexibility index (Phi) is 6.02. The molecule has 13 heteroatoms. The van der Waals surface area contributed by atoms with Crippen molar-refractivity contribution in [3.8, 4) is 5.75 Å². The molecule has 7 nitrogen and oxygen atoms in total. The molecule has 4 N–H and O–H groups in total. The first-order valence-corrected chi connectivity index (χ1v) is 7.74. The van der Waals surface area contributed by atoms with E-state index in [-0.39, 0.29) is 10.8 Å². The molecule has 0 aliphatic rings. The van der Waals surface area contributed by atoms with E-state index in [1.54, 1.807) is 0 Å². The average Bonchev–Trinajstić information content (AvgIpc) is 2.86. The molecule has 0 spiro atoms. The van der Waals surface area contributed by atoms with Gasteiger partial charge in [0.05, 0.1) is 11.3 Å².